The highest BCUT2D eigenvalue weighted by Gasteiger charge is 2.75. The molecule has 0 saturated heterocycles. The van der Waals surface area contributed by atoms with E-state index < -0.39 is 11.5 Å². The van der Waals surface area contributed by atoms with Crippen LogP contribution in [0.15, 0.2) is 12.4 Å². The number of allylic oxidation sites excluding steroid dienone is 1. The summed E-state index contributed by atoms with van der Waals surface area (Å²) in [7, 11) is 1.76. The van der Waals surface area contributed by atoms with Gasteiger partial charge in [-0.3, -0.25) is 4.79 Å². The number of aliphatic hydroxyl groups is 1. The zero-order valence-electron chi connectivity index (χ0n) is 14.9. The summed E-state index contributed by atoms with van der Waals surface area (Å²) in [6.07, 6.45) is 6.91. The van der Waals surface area contributed by atoms with E-state index in [4.69, 9.17) is 4.74 Å². The second-order valence-electron chi connectivity index (χ2n) is 9.09. The lowest BCUT2D eigenvalue weighted by molar-refractivity contribution is -0.156. The molecule has 2 bridgehead atoms. The molecule has 8 atom stereocenters. The van der Waals surface area contributed by atoms with E-state index in [2.05, 4.69) is 0 Å². The number of rotatable bonds is 2. The Bertz CT molecular complexity index is 589. The molecule has 0 aromatic heterocycles. The summed E-state index contributed by atoms with van der Waals surface area (Å²) in [6, 6.07) is 0. The Kier molecular flexibility index (Phi) is 3.58. The van der Waals surface area contributed by atoms with Crippen molar-refractivity contribution in [1.29, 1.82) is 0 Å². The number of methoxy groups -OCH3 is 1. The van der Waals surface area contributed by atoms with Gasteiger partial charge in [0, 0.05) is 23.9 Å². The Morgan fingerprint density at radius 3 is 2.67 bits per heavy atom. The first kappa shape index (κ1) is 16.7. The van der Waals surface area contributed by atoms with Gasteiger partial charge >= 0.3 is 0 Å². The molecule has 4 aliphatic carbocycles. The fourth-order valence-corrected chi connectivity index (χ4v) is 7.14. The maximum atomic E-state index is 13.3. The van der Waals surface area contributed by atoms with Crippen molar-refractivity contribution in [2.75, 3.05) is 7.11 Å². The van der Waals surface area contributed by atoms with Crippen LogP contribution in [0.4, 0.5) is 4.39 Å². The molecule has 4 aliphatic rings. The second-order valence-corrected chi connectivity index (χ2v) is 9.09. The second kappa shape index (κ2) is 5.14. The molecule has 0 aliphatic heterocycles. The summed E-state index contributed by atoms with van der Waals surface area (Å²) in [4.78, 5) is 13.3. The van der Waals surface area contributed by atoms with E-state index in [0.29, 0.717) is 18.7 Å². The van der Waals surface area contributed by atoms with E-state index in [0.717, 1.165) is 32.1 Å². The number of halogens is 1. The molecule has 0 aromatic carbocycles. The molecular weight excluding hydrogens is 307 g/mol. The van der Waals surface area contributed by atoms with Crippen molar-refractivity contribution in [2.24, 2.45) is 34.0 Å². The van der Waals surface area contributed by atoms with Gasteiger partial charge in [-0.25, -0.2) is 4.39 Å². The van der Waals surface area contributed by atoms with Crippen LogP contribution in [0.25, 0.3) is 0 Å². The highest BCUT2D eigenvalue weighted by molar-refractivity contribution is 5.89. The first-order chi connectivity index (χ1) is 11.4. The van der Waals surface area contributed by atoms with Crippen molar-refractivity contribution in [3.63, 3.8) is 0 Å². The van der Waals surface area contributed by atoms with Crippen molar-refractivity contribution < 1.29 is 19.0 Å². The highest BCUT2D eigenvalue weighted by atomic mass is 19.1. The van der Waals surface area contributed by atoms with Gasteiger partial charge < -0.3 is 9.84 Å². The predicted octanol–water partition coefficient (Wildman–Crippen LogP) is 3.66. The smallest absolute Gasteiger partial charge is 0.146 e. The summed E-state index contributed by atoms with van der Waals surface area (Å²) in [5.74, 6) is 0.780. The van der Waals surface area contributed by atoms with Gasteiger partial charge in [-0.2, -0.15) is 0 Å². The minimum Gasteiger partial charge on any atom is -0.392 e. The van der Waals surface area contributed by atoms with E-state index in [1.165, 1.54) is 6.08 Å². The van der Waals surface area contributed by atoms with Crippen molar-refractivity contribution in [1.82, 2.24) is 0 Å². The van der Waals surface area contributed by atoms with Gasteiger partial charge in [-0.1, -0.05) is 6.92 Å². The third-order valence-corrected chi connectivity index (χ3v) is 8.41. The monoisotopic (exact) mass is 336 g/mol. The molecule has 0 heterocycles. The number of carbonyl (C=O) groups is 1. The average molecular weight is 336 g/mol. The molecule has 0 aromatic rings. The number of hydrogen-bond donors (Lipinski definition) is 1. The van der Waals surface area contributed by atoms with E-state index in [1.54, 1.807) is 14.0 Å². The van der Waals surface area contributed by atoms with Gasteiger partial charge in [0.2, 0.25) is 0 Å². The molecular formula is C20H29FO3. The Hall–Kier alpha value is -0.740. The maximum absolute atomic E-state index is 13.3. The average Bonchev–Trinajstić information content (AvgIpc) is 3.19. The minimum absolute atomic E-state index is 0.0857. The fraction of sp³-hybridized carbons (Fsp3) is 0.850. The SMILES string of the molecule is CO[C@@H]1CCC23CC[C@H]4C[C@@]4(C12)[C@H](O)C[C@@](C)(/C=C/F)C(=O)[C@@H]3C. The summed E-state index contributed by atoms with van der Waals surface area (Å²) in [5, 5.41) is 11.2. The fourth-order valence-electron chi connectivity index (χ4n) is 7.14. The van der Waals surface area contributed by atoms with Crippen LogP contribution < -0.4 is 0 Å². The lowest BCUT2D eigenvalue weighted by atomic mass is 9.50. The largest absolute Gasteiger partial charge is 0.392 e. The lowest BCUT2D eigenvalue weighted by Gasteiger charge is -2.54. The molecule has 1 spiro atoms. The standard InChI is InChI=1S/C20H29FO3/c1-12-17(23)18(2,8-9-21)11-15(22)20-10-13(20)4-6-19(12)7-5-14(24-3)16(19)20/h8-9,12-16,22H,4-7,10-11H2,1-3H3/b9-8+/t12-,13-,14+,15+,16?,18+,19?,20-/m0/s1. The lowest BCUT2D eigenvalue weighted by Crippen LogP contribution is -2.56. The predicted molar refractivity (Wildman–Crippen MR) is 88.9 cm³/mol. The normalized spacial score (nSPS) is 56.5. The van der Waals surface area contributed by atoms with Gasteiger partial charge in [0.15, 0.2) is 0 Å². The van der Waals surface area contributed by atoms with Crippen LogP contribution in [0.1, 0.15) is 52.4 Å². The Morgan fingerprint density at radius 1 is 1.29 bits per heavy atom. The summed E-state index contributed by atoms with van der Waals surface area (Å²) >= 11 is 0. The number of ketones is 1. The van der Waals surface area contributed by atoms with E-state index in [9.17, 15) is 14.3 Å². The van der Waals surface area contributed by atoms with Crippen LogP contribution in [0.3, 0.4) is 0 Å². The molecule has 2 unspecified atom stereocenters. The highest BCUT2D eigenvalue weighted by Crippen LogP contribution is 2.77. The molecule has 4 fully saturated rings. The van der Waals surface area contributed by atoms with Crippen LogP contribution in [0.5, 0.6) is 0 Å². The van der Waals surface area contributed by atoms with Crippen molar-refractivity contribution in [3.8, 4) is 0 Å². The van der Waals surface area contributed by atoms with Gasteiger partial charge in [0.1, 0.15) is 5.78 Å². The zero-order valence-corrected chi connectivity index (χ0v) is 14.9. The number of hydrogen-bond acceptors (Lipinski definition) is 3. The minimum atomic E-state index is -0.909. The van der Waals surface area contributed by atoms with E-state index >= 15 is 0 Å². The number of aliphatic hydroxyl groups excluding tert-OH is 1. The number of Topliss-reactive ketones (excluding diaryl/α,β-unsaturated/α-hetero) is 1. The van der Waals surface area contributed by atoms with Crippen molar-refractivity contribution in [3.05, 3.63) is 12.4 Å². The molecule has 0 radical (unpaired) electrons. The van der Waals surface area contributed by atoms with E-state index in [1.807, 2.05) is 6.92 Å². The van der Waals surface area contributed by atoms with Gasteiger partial charge in [-0.15, -0.1) is 0 Å². The molecule has 3 nitrogen and oxygen atoms in total. The quantitative estimate of drug-likeness (QED) is 0.837. The van der Waals surface area contributed by atoms with Gasteiger partial charge in [-0.05, 0) is 68.8 Å². The number of carbonyl (C=O) groups excluding carboxylic acids is 1. The molecule has 1 N–H and O–H groups in total. The van der Waals surface area contributed by atoms with Crippen LogP contribution in [0, 0.1) is 34.0 Å². The molecule has 24 heavy (non-hydrogen) atoms. The molecule has 134 valence electrons. The zero-order chi connectivity index (χ0) is 17.3. The van der Waals surface area contributed by atoms with Crippen LogP contribution in [-0.4, -0.2) is 30.2 Å². The summed E-state index contributed by atoms with van der Waals surface area (Å²) in [6.45, 7) is 3.85. The molecule has 0 amide bonds. The Balaban J connectivity index is 1.86. The third kappa shape index (κ3) is 1.82. The molecule has 4 rings (SSSR count). The first-order valence-electron chi connectivity index (χ1n) is 9.39. The summed E-state index contributed by atoms with van der Waals surface area (Å²) < 4.78 is 18.9. The number of ether oxygens (including phenoxy) is 1. The molecule has 4 saturated carbocycles. The van der Waals surface area contributed by atoms with Crippen LogP contribution >= 0.6 is 0 Å². The Labute approximate surface area is 143 Å². The third-order valence-electron chi connectivity index (χ3n) is 8.41. The van der Waals surface area contributed by atoms with Crippen LogP contribution in [-0.2, 0) is 9.53 Å². The van der Waals surface area contributed by atoms with Gasteiger partial charge in [0.05, 0.1) is 18.5 Å². The Morgan fingerprint density at radius 2 is 2.00 bits per heavy atom. The van der Waals surface area contributed by atoms with Crippen molar-refractivity contribution in [2.45, 2.75) is 64.6 Å². The van der Waals surface area contributed by atoms with Gasteiger partial charge in [0.25, 0.3) is 0 Å². The van der Waals surface area contributed by atoms with Crippen molar-refractivity contribution >= 4 is 5.78 Å². The van der Waals surface area contributed by atoms with E-state index in [-0.39, 0.29) is 34.6 Å². The van der Waals surface area contributed by atoms with Crippen LogP contribution in [0.2, 0.25) is 0 Å². The summed E-state index contributed by atoms with van der Waals surface area (Å²) in [5.41, 5.74) is -1.11. The topological polar surface area (TPSA) is 46.5 Å². The first-order valence-corrected chi connectivity index (χ1v) is 9.39. The molecule has 4 heteroatoms. The maximum Gasteiger partial charge on any atom is 0.146 e.